The molecule has 1 N–H and O–H groups in total. The Hall–Kier alpha value is -3.03. The van der Waals surface area contributed by atoms with Crippen molar-refractivity contribution in [3.63, 3.8) is 0 Å². The van der Waals surface area contributed by atoms with Gasteiger partial charge in [0.15, 0.2) is 11.5 Å². The third-order valence-electron chi connectivity index (χ3n) is 4.85. The van der Waals surface area contributed by atoms with Gasteiger partial charge in [0.1, 0.15) is 5.82 Å². The number of carbonyl (C=O) groups is 1. The maximum atomic E-state index is 12.1. The van der Waals surface area contributed by atoms with Crippen LogP contribution >= 0.6 is 0 Å². The highest BCUT2D eigenvalue weighted by atomic mass is 16.1. The van der Waals surface area contributed by atoms with E-state index in [1.54, 1.807) is 30.3 Å². The molecule has 4 rings (SSSR count). The lowest BCUT2D eigenvalue weighted by Crippen LogP contribution is -2.42. The number of hydrogen-bond donors (Lipinski definition) is 1. The number of piperidine rings is 1. The first-order chi connectivity index (χ1) is 12.7. The first-order valence-electron chi connectivity index (χ1n) is 8.74. The summed E-state index contributed by atoms with van der Waals surface area (Å²) in [5, 5.41) is 8.02. The Morgan fingerprint density at radius 1 is 1.27 bits per heavy atom. The van der Waals surface area contributed by atoms with Crippen molar-refractivity contribution in [2.75, 3.05) is 25.0 Å². The molecule has 134 valence electrons. The lowest BCUT2D eigenvalue weighted by atomic mass is 9.97. The van der Waals surface area contributed by atoms with Gasteiger partial charge in [-0.25, -0.2) is 9.97 Å². The molecule has 0 aliphatic carbocycles. The van der Waals surface area contributed by atoms with Gasteiger partial charge < -0.3 is 10.2 Å². The molecule has 26 heavy (non-hydrogen) atoms. The maximum Gasteiger partial charge on any atom is 0.224 e. The van der Waals surface area contributed by atoms with E-state index in [-0.39, 0.29) is 11.8 Å². The zero-order chi connectivity index (χ0) is 18.1. The molecule has 1 atom stereocenters. The van der Waals surface area contributed by atoms with E-state index >= 15 is 0 Å². The van der Waals surface area contributed by atoms with Crippen molar-refractivity contribution in [2.45, 2.75) is 12.8 Å². The summed E-state index contributed by atoms with van der Waals surface area (Å²) in [4.78, 5) is 27.9. The van der Waals surface area contributed by atoms with Crippen molar-refractivity contribution in [1.29, 1.82) is 0 Å². The van der Waals surface area contributed by atoms with Gasteiger partial charge in [-0.1, -0.05) is 0 Å². The smallest absolute Gasteiger partial charge is 0.224 e. The summed E-state index contributed by atoms with van der Waals surface area (Å²) in [6, 6.07) is 3.79. The minimum absolute atomic E-state index is 0.0280. The number of aromatic nitrogens is 5. The fourth-order valence-corrected chi connectivity index (χ4v) is 3.47. The van der Waals surface area contributed by atoms with Gasteiger partial charge in [0.25, 0.3) is 0 Å². The second kappa shape index (κ2) is 6.70. The molecule has 0 unspecified atom stereocenters. The highest BCUT2D eigenvalue weighted by molar-refractivity contribution is 5.89. The van der Waals surface area contributed by atoms with Crippen molar-refractivity contribution in [2.24, 2.45) is 13.0 Å². The second-order valence-corrected chi connectivity index (χ2v) is 6.51. The Morgan fingerprint density at radius 2 is 2.08 bits per heavy atom. The van der Waals surface area contributed by atoms with E-state index in [0.29, 0.717) is 12.4 Å². The number of amides is 1. The van der Waals surface area contributed by atoms with Crippen molar-refractivity contribution in [3.8, 4) is 11.4 Å². The summed E-state index contributed by atoms with van der Waals surface area (Å²) in [6.07, 6.45) is 7.11. The molecule has 1 aliphatic rings. The topological polar surface area (TPSA) is 88.8 Å². The molecule has 0 saturated carbocycles. The molecular weight excluding hydrogens is 330 g/mol. The molecule has 4 heterocycles. The highest BCUT2D eigenvalue weighted by Gasteiger charge is 2.28. The van der Waals surface area contributed by atoms with Gasteiger partial charge in [-0.3, -0.25) is 14.5 Å². The summed E-state index contributed by atoms with van der Waals surface area (Å²) < 4.78 is 1.76. The van der Waals surface area contributed by atoms with Gasteiger partial charge in [-0.2, -0.15) is 5.10 Å². The monoisotopic (exact) mass is 351 g/mol. The fourth-order valence-electron chi connectivity index (χ4n) is 3.47. The number of fused-ring (bicyclic) bond motifs is 1. The van der Waals surface area contributed by atoms with Gasteiger partial charge >= 0.3 is 0 Å². The minimum Gasteiger partial charge on any atom is -0.359 e. The Balaban J connectivity index is 1.80. The van der Waals surface area contributed by atoms with Crippen LogP contribution in [-0.2, 0) is 11.8 Å². The van der Waals surface area contributed by atoms with E-state index in [1.807, 2.05) is 19.2 Å². The molecule has 0 radical (unpaired) electrons. The standard InChI is InChI=1S/C18H21N7O/c1-19-18(26)13-4-3-9-25(11-13)17-14-10-21-24(2)16(14)22-15(23-17)12-5-7-20-8-6-12/h5-8,10,13H,3-4,9,11H2,1-2H3,(H,19,26)/t13-/m1/s1. The first-order valence-corrected chi connectivity index (χ1v) is 8.74. The molecule has 0 aromatic carbocycles. The number of nitrogens with zero attached hydrogens (tertiary/aromatic N) is 6. The van der Waals surface area contributed by atoms with Gasteiger partial charge in [0.2, 0.25) is 5.91 Å². The average Bonchev–Trinajstić information content (AvgIpc) is 3.08. The van der Waals surface area contributed by atoms with Gasteiger partial charge in [-0.15, -0.1) is 0 Å². The molecular formula is C18H21N7O. The second-order valence-electron chi connectivity index (χ2n) is 6.51. The largest absolute Gasteiger partial charge is 0.359 e. The van der Waals surface area contributed by atoms with Crippen LogP contribution in [-0.4, -0.2) is 50.8 Å². The Kier molecular flexibility index (Phi) is 4.24. The van der Waals surface area contributed by atoms with Crippen molar-refractivity contribution >= 4 is 22.8 Å². The molecule has 3 aromatic rings. The first kappa shape index (κ1) is 16.4. The highest BCUT2D eigenvalue weighted by Crippen LogP contribution is 2.30. The molecule has 1 fully saturated rings. The van der Waals surface area contributed by atoms with Crippen LogP contribution in [0.3, 0.4) is 0 Å². The predicted octanol–water partition coefficient (Wildman–Crippen LogP) is 1.39. The van der Waals surface area contributed by atoms with Crippen LogP contribution in [0, 0.1) is 5.92 Å². The van der Waals surface area contributed by atoms with E-state index < -0.39 is 0 Å². The van der Waals surface area contributed by atoms with Gasteiger partial charge in [0.05, 0.1) is 17.5 Å². The lowest BCUT2D eigenvalue weighted by molar-refractivity contribution is -0.124. The summed E-state index contributed by atoms with van der Waals surface area (Å²) >= 11 is 0. The van der Waals surface area contributed by atoms with E-state index in [0.717, 1.165) is 41.8 Å². The van der Waals surface area contributed by atoms with E-state index in [1.165, 1.54) is 0 Å². The summed E-state index contributed by atoms with van der Waals surface area (Å²) in [7, 11) is 3.56. The van der Waals surface area contributed by atoms with Crippen LogP contribution < -0.4 is 10.2 Å². The quantitative estimate of drug-likeness (QED) is 0.767. The third kappa shape index (κ3) is 2.87. The molecule has 0 spiro atoms. The SMILES string of the molecule is CNC(=O)[C@@H]1CCCN(c2nc(-c3ccncc3)nc3c2cnn3C)C1. The Morgan fingerprint density at radius 3 is 2.85 bits per heavy atom. The zero-order valence-electron chi connectivity index (χ0n) is 14.9. The van der Waals surface area contributed by atoms with Crippen LogP contribution in [0.5, 0.6) is 0 Å². The number of rotatable bonds is 3. The van der Waals surface area contributed by atoms with Crippen molar-refractivity contribution < 1.29 is 4.79 Å². The van der Waals surface area contributed by atoms with Crippen molar-refractivity contribution in [3.05, 3.63) is 30.7 Å². The van der Waals surface area contributed by atoms with Gasteiger partial charge in [0, 0.05) is 45.1 Å². The van der Waals surface area contributed by atoms with Crippen molar-refractivity contribution in [1.82, 2.24) is 30.0 Å². The normalized spacial score (nSPS) is 17.5. The van der Waals surface area contributed by atoms with Crippen LogP contribution in [0.25, 0.3) is 22.4 Å². The molecule has 3 aromatic heterocycles. The molecule has 8 heteroatoms. The summed E-state index contributed by atoms with van der Waals surface area (Å²) in [5.41, 5.74) is 1.69. The number of nitrogens with one attached hydrogen (secondary N) is 1. The van der Waals surface area contributed by atoms with E-state index in [9.17, 15) is 4.79 Å². The Labute approximate surface area is 151 Å². The number of pyridine rings is 1. The minimum atomic E-state index is -0.0280. The predicted molar refractivity (Wildman–Crippen MR) is 98.5 cm³/mol. The fraction of sp³-hybridized carbons (Fsp3) is 0.389. The number of carbonyl (C=O) groups excluding carboxylic acids is 1. The lowest BCUT2D eigenvalue weighted by Gasteiger charge is -2.33. The average molecular weight is 351 g/mol. The third-order valence-corrected chi connectivity index (χ3v) is 4.85. The zero-order valence-corrected chi connectivity index (χ0v) is 14.9. The van der Waals surface area contributed by atoms with Crippen LogP contribution in [0.4, 0.5) is 5.82 Å². The maximum absolute atomic E-state index is 12.1. The van der Waals surface area contributed by atoms with Crippen LogP contribution in [0.1, 0.15) is 12.8 Å². The van der Waals surface area contributed by atoms with Crippen LogP contribution in [0.15, 0.2) is 30.7 Å². The molecule has 8 nitrogen and oxygen atoms in total. The van der Waals surface area contributed by atoms with E-state index in [4.69, 9.17) is 4.98 Å². The molecule has 0 bridgehead atoms. The summed E-state index contributed by atoms with van der Waals surface area (Å²) in [5.74, 6) is 1.53. The number of hydrogen-bond acceptors (Lipinski definition) is 6. The van der Waals surface area contributed by atoms with Gasteiger partial charge in [-0.05, 0) is 25.0 Å². The van der Waals surface area contributed by atoms with Crippen LogP contribution in [0.2, 0.25) is 0 Å². The molecule has 1 saturated heterocycles. The molecule has 1 amide bonds. The number of aryl methyl sites for hydroxylation is 1. The van der Waals surface area contributed by atoms with E-state index in [2.05, 4.69) is 25.3 Å². The summed E-state index contributed by atoms with van der Waals surface area (Å²) in [6.45, 7) is 1.51. The Bertz CT molecular complexity index is 937. The number of anilines is 1. The molecule has 1 aliphatic heterocycles.